The summed E-state index contributed by atoms with van der Waals surface area (Å²) in [5.74, 6) is 0.0505. The first-order valence-electron chi connectivity index (χ1n) is 9.36. The third-order valence-electron chi connectivity index (χ3n) is 6.90. The summed E-state index contributed by atoms with van der Waals surface area (Å²) >= 11 is 0. The first-order chi connectivity index (χ1) is 12.2. The third-order valence-corrected chi connectivity index (χ3v) is 6.90. The van der Waals surface area contributed by atoms with Gasteiger partial charge in [-0.15, -0.1) is 0 Å². The van der Waals surface area contributed by atoms with Crippen LogP contribution < -0.4 is 0 Å². The maximum atomic E-state index is 12.7. The number of ketones is 1. The molecule has 4 rings (SSSR count). The lowest BCUT2D eigenvalue weighted by molar-refractivity contribution is -0.168. The average Bonchev–Trinajstić information content (AvgIpc) is 2.82. The first-order valence-corrected chi connectivity index (χ1v) is 9.36. The van der Waals surface area contributed by atoms with Crippen molar-refractivity contribution in [2.75, 3.05) is 0 Å². The number of allylic oxidation sites excluding steroid dienone is 1. The number of rotatable bonds is 2. The van der Waals surface area contributed by atoms with Gasteiger partial charge in [0.1, 0.15) is 6.10 Å². The summed E-state index contributed by atoms with van der Waals surface area (Å²) in [7, 11) is 0. The average molecular weight is 354 g/mol. The predicted molar refractivity (Wildman–Crippen MR) is 97.8 cm³/mol. The van der Waals surface area contributed by atoms with Gasteiger partial charge in [0.05, 0.1) is 16.8 Å². The monoisotopic (exact) mass is 354 g/mol. The molecule has 1 aliphatic heterocycles. The second kappa shape index (κ2) is 5.53. The van der Waals surface area contributed by atoms with E-state index < -0.39 is 11.0 Å². The lowest BCUT2D eigenvalue weighted by Crippen LogP contribution is -2.60. The molecule has 1 saturated carbocycles. The minimum atomic E-state index is -0.544. The van der Waals surface area contributed by atoms with Crippen molar-refractivity contribution >= 4 is 11.8 Å². The molecule has 3 aliphatic rings. The molecular weight excluding hydrogens is 328 g/mol. The summed E-state index contributed by atoms with van der Waals surface area (Å²) in [4.78, 5) is 25.1. The number of carbonyl (C=O) groups is 2. The smallest absolute Gasteiger partial charge is 0.338 e. The zero-order valence-electron chi connectivity index (χ0n) is 15.9. The van der Waals surface area contributed by atoms with Gasteiger partial charge in [-0.25, -0.2) is 4.79 Å². The summed E-state index contributed by atoms with van der Waals surface area (Å²) in [6.07, 6.45) is 3.33. The van der Waals surface area contributed by atoms with Crippen LogP contribution in [0.15, 0.2) is 42.0 Å². The first kappa shape index (κ1) is 17.5. The van der Waals surface area contributed by atoms with E-state index in [0.717, 1.165) is 18.4 Å². The summed E-state index contributed by atoms with van der Waals surface area (Å²) < 4.78 is 12.7. The van der Waals surface area contributed by atoms with Gasteiger partial charge in [-0.1, -0.05) is 25.1 Å². The Bertz CT molecular complexity index is 794. The van der Waals surface area contributed by atoms with E-state index in [2.05, 4.69) is 20.8 Å². The highest BCUT2D eigenvalue weighted by Gasteiger charge is 2.69. The van der Waals surface area contributed by atoms with Crippen LogP contribution in [0.4, 0.5) is 0 Å². The molecule has 0 unspecified atom stereocenters. The zero-order valence-corrected chi connectivity index (χ0v) is 15.9. The number of fused-ring (bicyclic) bond motifs is 1. The molecule has 4 heteroatoms. The fourth-order valence-corrected chi connectivity index (χ4v) is 5.33. The minimum Gasteiger partial charge on any atom is -0.458 e. The van der Waals surface area contributed by atoms with E-state index in [9.17, 15) is 9.59 Å². The zero-order chi connectivity index (χ0) is 18.7. The van der Waals surface area contributed by atoms with Crippen LogP contribution in [0.1, 0.15) is 57.3 Å². The Balaban J connectivity index is 1.73. The Morgan fingerprint density at radius 1 is 1.19 bits per heavy atom. The molecule has 2 fully saturated rings. The topological polar surface area (TPSA) is 52.6 Å². The van der Waals surface area contributed by atoms with Crippen molar-refractivity contribution in [3.63, 3.8) is 0 Å². The van der Waals surface area contributed by atoms with E-state index in [0.29, 0.717) is 17.9 Å². The molecule has 1 heterocycles. The number of esters is 1. The summed E-state index contributed by atoms with van der Waals surface area (Å²) in [6.45, 7) is 8.26. The molecule has 4 nitrogen and oxygen atoms in total. The van der Waals surface area contributed by atoms with Crippen molar-refractivity contribution in [3.05, 3.63) is 47.5 Å². The van der Waals surface area contributed by atoms with E-state index in [1.165, 1.54) is 0 Å². The fraction of sp³-hybridized carbons (Fsp3) is 0.545. The molecule has 0 amide bonds. The highest BCUT2D eigenvalue weighted by atomic mass is 16.6. The largest absolute Gasteiger partial charge is 0.458 e. The number of benzene rings is 1. The van der Waals surface area contributed by atoms with Crippen molar-refractivity contribution in [1.29, 1.82) is 0 Å². The quantitative estimate of drug-likeness (QED) is 0.751. The van der Waals surface area contributed by atoms with Crippen LogP contribution in [0.3, 0.4) is 0 Å². The molecule has 1 aromatic carbocycles. The van der Waals surface area contributed by atoms with Crippen LogP contribution in [0.5, 0.6) is 0 Å². The van der Waals surface area contributed by atoms with Gasteiger partial charge in [0.25, 0.3) is 0 Å². The van der Waals surface area contributed by atoms with Crippen molar-refractivity contribution in [1.82, 2.24) is 0 Å². The number of carbonyl (C=O) groups excluding carboxylic acids is 2. The van der Waals surface area contributed by atoms with Gasteiger partial charge in [0.15, 0.2) is 5.78 Å². The van der Waals surface area contributed by atoms with Crippen LogP contribution in [-0.4, -0.2) is 29.1 Å². The SMILES string of the molecule is CC1=CC(=O)C[C@@]2(C)[C@@H](OC(=O)c3ccccc3)C[C@@H]3C[C@]12OC3(C)C. The fourth-order valence-electron chi connectivity index (χ4n) is 5.33. The molecule has 138 valence electrons. The van der Waals surface area contributed by atoms with E-state index in [1.54, 1.807) is 18.2 Å². The molecule has 4 atom stereocenters. The number of hydrogen-bond acceptors (Lipinski definition) is 4. The molecule has 26 heavy (non-hydrogen) atoms. The molecule has 0 radical (unpaired) electrons. The van der Waals surface area contributed by atoms with Crippen molar-refractivity contribution in [2.45, 2.75) is 64.3 Å². The van der Waals surface area contributed by atoms with Crippen molar-refractivity contribution < 1.29 is 19.1 Å². The van der Waals surface area contributed by atoms with E-state index >= 15 is 0 Å². The second-order valence-electron chi connectivity index (χ2n) is 8.82. The second-order valence-corrected chi connectivity index (χ2v) is 8.82. The minimum absolute atomic E-state index is 0.0862. The van der Waals surface area contributed by atoms with Gasteiger partial charge in [0, 0.05) is 11.8 Å². The summed E-state index contributed by atoms with van der Waals surface area (Å²) in [5, 5.41) is 0. The number of ether oxygens (including phenoxy) is 2. The van der Waals surface area contributed by atoms with Crippen molar-refractivity contribution in [3.8, 4) is 0 Å². The molecule has 2 bridgehead atoms. The van der Waals surface area contributed by atoms with Crippen LogP contribution in [-0.2, 0) is 14.3 Å². The van der Waals surface area contributed by atoms with Gasteiger partial charge >= 0.3 is 5.97 Å². The molecule has 0 aromatic heterocycles. The van der Waals surface area contributed by atoms with Gasteiger partial charge in [0.2, 0.25) is 0 Å². The lowest BCUT2D eigenvalue weighted by atomic mass is 9.54. The van der Waals surface area contributed by atoms with Gasteiger partial charge < -0.3 is 9.47 Å². The van der Waals surface area contributed by atoms with Gasteiger partial charge in [-0.2, -0.15) is 0 Å². The molecule has 1 spiro atoms. The Morgan fingerprint density at radius 2 is 1.88 bits per heavy atom. The highest BCUT2D eigenvalue weighted by molar-refractivity contribution is 5.93. The Morgan fingerprint density at radius 3 is 2.58 bits per heavy atom. The van der Waals surface area contributed by atoms with Crippen LogP contribution in [0, 0.1) is 11.3 Å². The molecule has 0 N–H and O–H groups in total. The Kier molecular flexibility index (Phi) is 3.71. The van der Waals surface area contributed by atoms with Gasteiger partial charge in [-0.05, 0) is 63.3 Å². The van der Waals surface area contributed by atoms with Gasteiger partial charge in [-0.3, -0.25) is 4.79 Å². The van der Waals surface area contributed by atoms with E-state index in [4.69, 9.17) is 9.47 Å². The summed E-state index contributed by atoms with van der Waals surface area (Å²) in [6, 6.07) is 9.05. The van der Waals surface area contributed by atoms with Crippen LogP contribution in [0.2, 0.25) is 0 Å². The maximum absolute atomic E-state index is 12.7. The molecule has 2 aliphatic carbocycles. The molecule has 1 saturated heterocycles. The summed E-state index contributed by atoms with van der Waals surface area (Å²) in [5.41, 5.74) is 0.127. The standard InChI is InChI=1S/C22H26O4/c1-14-10-17(23)13-21(4)18(25-19(24)15-8-6-5-7-9-15)11-16-12-22(14,21)26-20(16,2)3/h5-10,16,18H,11-13H2,1-4H3/t16-,18+,21+,22+/m1/s1. The normalized spacial score (nSPS) is 37.7. The highest BCUT2D eigenvalue weighted by Crippen LogP contribution is 2.64. The maximum Gasteiger partial charge on any atom is 0.338 e. The Hall–Kier alpha value is -1.94. The number of hydrogen-bond donors (Lipinski definition) is 0. The van der Waals surface area contributed by atoms with Crippen LogP contribution in [0.25, 0.3) is 0 Å². The lowest BCUT2D eigenvalue weighted by Gasteiger charge is -2.54. The third kappa shape index (κ3) is 2.31. The predicted octanol–water partition coefficient (Wildman–Crippen LogP) is 4.10. The van der Waals surface area contributed by atoms with E-state index in [1.807, 2.05) is 25.1 Å². The Labute approximate surface area is 154 Å². The van der Waals surface area contributed by atoms with Crippen LogP contribution >= 0.6 is 0 Å². The molecule has 1 aromatic rings. The van der Waals surface area contributed by atoms with E-state index in [-0.39, 0.29) is 23.5 Å². The van der Waals surface area contributed by atoms with Crippen molar-refractivity contribution in [2.24, 2.45) is 11.3 Å². The molecular formula is C22H26O4.